The fraction of sp³-hybridized carbons (Fsp3) is 0.450. The Morgan fingerprint density at radius 3 is 2.63 bits per heavy atom. The van der Waals surface area contributed by atoms with Gasteiger partial charge in [-0.1, -0.05) is 18.7 Å². The Morgan fingerprint density at radius 2 is 2.00 bits per heavy atom. The highest BCUT2D eigenvalue weighted by molar-refractivity contribution is 9.10. The highest BCUT2D eigenvalue weighted by Crippen LogP contribution is 2.43. The standard InChI is InChI=1S/C20H25BrN4O4S/c1-6-28-14-10-12(9-13(21)17(14)29-7-2)16-15(18(26)27-5)11(4)22-19-23-20(30-8-3)24-25(16)19/h9-10,16H,6-8H2,1-5H3,(H,22,23,24). The Hall–Kier alpha value is -2.20. The van der Waals surface area contributed by atoms with E-state index >= 15 is 0 Å². The van der Waals surface area contributed by atoms with E-state index in [0.29, 0.717) is 47.1 Å². The lowest BCUT2D eigenvalue weighted by molar-refractivity contribution is -0.136. The van der Waals surface area contributed by atoms with Crippen molar-refractivity contribution in [2.75, 3.05) is 31.4 Å². The smallest absolute Gasteiger partial charge is 0.338 e. The van der Waals surface area contributed by atoms with Crippen LogP contribution in [0.3, 0.4) is 0 Å². The van der Waals surface area contributed by atoms with E-state index in [0.717, 1.165) is 15.8 Å². The number of anilines is 1. The molecule has 0 bridgehead atoms. The van der Waals surface area contributed by atoms with Gasteiger partial charge < -0.3 is 19.5 Å². The normalized spacial score (nSPS) is 15.5. The Kier molecular flexibility index (Phi) is 7.30. The molecule has 0 saturated heterocycles. The number of carbonyl (C=O) groups excluding carboxylic acids is 1. The Labute approximate surface area is 188 Å². The van der Waals surface area contributed by atoms with E-state index in [1.54, 1.807) is 4.68 Å². The van der Waals surface area contributed by atoms with Crippen molar-refractivity contribution in [3.63, 3.8) is 0 Å². The van der Waals surface area contributed by atoms with Crippen molar-refractivity contribution in [3.05, 3.63) is 33.4 Å². The Morgan fingerprint density at radius 1 is 1.27 bits per heavy atom. The number of halogens is 1. The van der Waals surface area contributed by atoms with Crippen LogP contribution in [0.5, 0.6) is 11.5 Å². The molecule has 3 rings (SSSR count). The molecule has 1 aliphatic rings. The highest BCUT2D eigenvalue weighted by Gasteiger charge is 2.36. The zero-order chi connectivity index (χ0) is 21.8. The van der Waals surface area contributed by atoms with Gasteiger partial charge >= 0.3 is 5.97 Å². The number of thioether (sulfide) groups is 1. The summed E-state index contributed by atoms with van der Waals surface area (Å²) >= 11 is 5.13. The molecule has 162 valence electrons. The van der Waals surface area contributed by atoms with E-state index in [-0.39, 0.29) is 0 Å². The molecule has 8 nitrogen and oxygen atoms in total. The maximum absolute atomic E-state index is 12.7. The van der Waals surface area contributed by atoms with E-state index < -0.39 is 12.0 Å². The SMILES string of the molecule is CCOc1cc(C2C(C(=O)OC)=C(C)Nc3nc(SCC)nn32)cc(Br)c1OCC. The molecule has 30 heavy (non-hydrogen) atoms. The quantitative estimate of drug-likeness (QED) is 0.424. The van der Waals surface area contributed by atoms with Gasteiger partial charge in [0, 0.05) is 5.70 Å². The zero-order valence-electron chi connectivity index (χ0n) is 17.6. The fourth-order valence-electron chi connectivity index (χ4n) is 3.30. The van der Waals surface area contributed by atoms with Crippen LogP contribution in [0.1, 0.15) is 39.3 Å². The number of methoxy groups -OCH3 is 1. The lowest BCUT2D eigenvalue weighted by Crippen LogP contribution is -2.29. The van der Waals surface area contributed by atoms with Crippen LogP contribution in [0.25, 0.3) is 0 Å². The number of fused-ring (bicyclic) bond motifs is 1. The Bertz CT molecular complexity index is 976. The summed E-state index contributed by atoms with van der Waals surface area (Å²) in [5.74, 6) is 2.20. The van der Waals surface area contributed by atoms with Gasteiger partial charge in [-0.15, -0.1) is 5.10 Å². The van der Waals surface area contributed by atoms with Crippen molar-refractivity contribution in [3.8, 4) is 11.5 Å². The third kappa shape index (κ3) is 4.29. The van der Waals surface area contributed by atoms with E-state index in [4.69, 9.17) is 14.2 Å². The number of nitrogens with one attached hydrogen (secondary N) is 1. The average Bonchev–Trinajstić information content (AvgIpc) is 3.11. The first-order chi connectivity index (χ1) is 14.4. The molecule has 0 aliphatic carbocycles. The molecule has 10 heteroatoms. The number of nitrogens with zero attached hydrogens (tertiary/aromatic N) is 3. The number of allylic oxidation sites excluding steroid dienone is 1. The molecule has 0 amide bonds. The molecule has 1 atom stereocenters. The van der Waals surface area contributed by atoms with E-state index in [1.165, 1.54) is 18.9 Å². The predicted molar refractivity (Wildman–Crippen MR) is 119 cm³/mol. The predicted octanol–water partition coefficient (Wildman–Crippen LogP) is 4.41. The fourth-order valence-corrected chi connectivity index (χ4v) is 4.43. The lowest BCUT2D eigenvalue weighted by Gasteiger charge is -2.28. The van der Waals surface area contributed by atoms with E-state index in [9.17, 15) is 4.79 Å². The van der Waals surface area contributed by atoms with Crippen LogP contribution < -0.4 is 14.8 Å². The number of aromatic nitrogens is 3. The summed E-state index contributed by atoms with van der Waals surface area (Å²) in [7, 11) is 1.37. The summed E-state index contributed by atoms with van der Waals surface area (Å²) in [5, 5.41) is 8.46. The molecule has 2 aromatic rings. The first-order valence-electron chi connectivity index (χ1n) is 9.69. The van der Waals surface area contributed by atoms with Crippen LogP contribution in [0.2, 0.25) is 0 Å². The van der Waals surface area contributed by atoms with E-state index in [1.807, 2.05) is 39.8 Å². The topological polar surface area (TPSA) is 87.5 Å². The number of benzene rings is 1. The minimum atomic E-state index is -0.529. The van der Waals surface area contributed by atoms with Gasteiger partial charge in [-0.25, -0.2) is 9.48 Å². The second-order valence-electron chi connectivity index (χ2n) is 6.35. The molecular weight excluding hydrogens is 472 g/mol. The van der Waals surface area contributed by atoms with Crippen LogP contribution >= 0.6 is 27.7 Å². The van der Waals surface area contributed by atoms with Gasteiger partial charge in [0.05, 0.1) is 30.4 Å². The van der Waals surface area contributed by atoms with Gasteiger partial charge in [-0.3, -0.25) is 0 Å². The Balaban J connectivity index is 2.21. The van der Waals surface area contributed by atoms with Crippen molar-refractivity contribution in [2.24, 2.45) is 0 Å². The van der Waals surface area contributed by atoms with Crippen LogP contribution in [0, 0.1) is 0 Å². The number of carbonyl (C=O) groups is 1. The van der Waals surface area contributed by atoms with Crippen molar-refractivity contribution in [2.45, 2.75) is 38.9 Å². The van der Waals surface area contributed by atoms with Gasteiger partial charge in [0.1, 0.15) is 6.04 Å². The van der Waals surface area contributed by atoms with Gasteiger partial charge in [0.15, 0.2) is 11.5 Å². The minimum Gasteiger partial charge on any atom is -0.490 e. The molecule has 0 saturated carbocycles. The molecular formula is C20H25BrN4O4S. The van der Waals surface area contributed by atoms with Gasteiger partial charge in [-0.05, 0) is 60.2 Å². The van der Waals surface area contributed by atoms with E-state index in [2.05, 4.69) is 31.3 Å². The first kappa shape index (κ1) is 22.5. The summed E-state index contributed by atoms with van der Waals surface area (Å²) < 4.78 is 19.1. The molecule has 1 aromatic heterocycles. The summed E-state index contributed by atoms with van der Waals surface area (Å²) in [5.41, 5.74) is 1.93. The molecule has 0 fully saturated rings. The highest BCUT2D eigenvalue weighted by atomic mass is 79.9. The molecule has 1 aliphatic heterocycles. The van der Waals surface area contributed by atoms with Crippen LogP contribution in [-0.2, 0) is 9.53 Å². The third-order valence-corrected chi connectivity index (χ3v) is 5.76. The molecule has 1 N–H and O–H groups in total. The maximum atomic E-state index is 12.7. The molecule has 2 heterocycles. The van der Waals surface area contributed by atoms with Crippen molar-refractivity contribution >= 4 is 39.6 Å². The maximum Gasteiger partial charge on any atom is 0.338 e. The number of esters is 1. The molecule has 1 aromatic carbocycles. The van der Waals surface area contributed by atoms with Gasteiger partial charge in [0.2, 0.25) is 11.1 Å². The van der Waals surface area contributed by atoms with Gasteiger partial charge in [-0.2, -0.15) is 4.98 Å². The van der Waals surface area contributed by atoms with Crippen molar-refractivity contribution < 1.29 is 19.0 Å². The molecule has 0 spiro atoms. The van der Waals surface area contributed by atoms with Crippen molar-refractivity contribution in [1.29, 1.82) is 0 Å². The largest absolute Gasteiger partial charge is 0.490 e. The minimum absolute atomic E-state index is 0.432. The summed E-state index contributed by atoms with van der Waals surface area (Å²) in [6, 6.07) is 3.26. The third-order valence-electron chi connectivity index (χ3n) is 4.45. The number of rotatable bonds is 8. The van der Waals surface area contributed by atoms with Gasteiger partial charge in [0.25, 0.3) is 0 Å². The van der Waals surface area contributed by atoms with Crippen LogP contribution in [-0.4, -0.2) is 46.8 Å². The summed E-state index contributed by atoms with van der Waals surface area (Å²) in [6.07, 6.45) is 0. The summed E-state index contributed by atoms with van der Waals surface area (Å²) in [6.45, 7) is 8.68. The second kappa shape index (κ2) is 9.74. The van der Waals surface area contributed by atoms with Crippen molar-refractivity contribution in [1.82, 2.24) is 14.8 Å². The first-order valence-corrected chi connectivity index (χ1v) is 11.5. The summed E-state index contributed by atoms with van der Waals surface area (Å²) in [4.78, 5) is 17.3. The number of hydrogen-bond acceptors (Lipinski definition) is 8. The van der Waals surface area contributed by atoms with Crippen LogP contribution in [0.15, 0.2) is 33.0 Å². The zero-order valence-corrected chi connectivity index (χ0v) is 20.0. The average molecular weight is 497 g/mol. The molecule has 0 radical (unpaired) electrons. The lowest BCUT2D eigenvalue weighted by atomic mass is 9.95. The number of hydrogen-bond donors (Lipinski definition) is 1. The van der Waals surface area contributed by atoms with Crippen LogP contribution in [0.4, 0.5) is 5.95 Å². The monoisotopic (exact) mass is 496 g/mol. The number of ether oxygens (including phenoxy) is 3. The second-order valence-corrected chi connectivity index (χ2v) is 8.43. The molecule has 1 unspecified atom stereocenters.